The summed E-state index contributed by atoms with van der Waals surface area (Å²) < 4.78 is 1.67. The Morgan fingerprint density at radius 2 is 2.28 bits per heavy atom. The summed E-state index contributed by atoms with van der Waals surface area (Å²) in [6, 6.07) is -0.307. The van der Waals surface area contributed by atoms with Crippen molar-refractivity contribution in [3.63, 3.8) is 0 Å². The van der Waals surface area contributed by atoms with E-state index in [-0.39, 0.29) is 11.9 Å². The van der Waals surface area contributed by atoms with Crippen molar-refractivity contribution in [3.8, 4) is 0 Å². The zero-order valence-electron chi connectivity index (χ0n) is 11.3. The number of hydrogen-bond donors (Lipinski definition) is 1. The number of aromatic nitrogens is 2. The lowest BCUT2D eigenvalue weighted by Crippen LogP contribution is -2.47. The Morgan fingerprint density at radius 1 is 1.56 bits per heavy atom. The maximum atomic E-state index is 12.4. The molecule has 0 spiro atoms. The molecular formula is C13H22N4O. The Morgan fingerprint density at radius 3 is 2.83 bits per heavy atom. The highest BCUT2D eigenvalue weighted by molar-refractivity contribution is 5.83. The highest BCUT2D eigenvalue weighted by atomic mass is 16.2. The Labute approximate surface area is 108 Å². The summed E-state index contributed by atoms with van der Waals surface area (Å²) in [7, 11) is 1.83. The minimum atomic E-state index is -0.588. The molecule has 2 heterocycles. The van der Waals surface area contributed by atoms with Gasteiger partial charge >= 0.3 is 0 Å². The van der Waals surface area contributed by atoms with Crippen LogP contribution in [0.15, 0.2) is 12.4 Å². The van der Waals surface area contributed by atoms with Gasteiger partial charge in [-0.3, -0.25) is 9.48 Å². The Bertz CT molecular complexity index is 428. The molecule has 5 heteroatoms. The van der Waals surface area contributed by atoms with Crippen molar-refractivity contribution >= 4 is 5.91 Å². The second kappa shape index (κ2) is 5.10. The predicted molar refractivity (Wildman–Crippen MR) is 69.7 cm³/mol. The van der Waals surface area contributed by atoms with Crippen molar-refractivity contribution in [2.75, 3.05) is 6.54 Å². The molecule has 100 valence electrons. The van der Waals surface area contributed by atoms with E-state index in [9.17, 15) is 4.79 Å². The van der Waals surface area contributed by atoms with Crippen LogP contribution >= 0.6 is 0 Å². The van der Waals surface area contributed by atoms with Crippen LogP contribution in [0, 0.1) is 5.92 Å². The molecular weight excluding hydrogens is 228 g/mol. The lowest BCUT2D eigenvalue weighted by molar-refractivity contribution is -0.136. The molecule has 1 aromatic rings. The summed E-state index contributed by atoms with van der Waals surface area (Å²) in [5, 5.41) is 4.06. The SMILES string of the molecule is CC1CCN(C(=O)C(N)c2cnn(C)c2)C(C)C1. The third-order valence-electron chi connectivity index (χ3n) is 3.77. The smallest absolute Gasteiger partial charge is 0.244 e. The van der Waals surface area contributed by atoms with Gasteiger partial charge in [-0.05, 0) is 25.7 Å². The van der Waals surface area contributed by atoms with Gasteiger partial charge in [0.1, 0.15) is 6.04 Å². The molecule has 1 aliphatic rings. The van der Waals surface area contributed by atoms with Crippen LogP contribution in [0.2, 0.25) is 0 Å². The van der Waals surface area contributed by atoms with E-state index in [4.69, 9.17) is 5.73 Å². The molecule has 1 fully saturated rings. The fraction of sp³-hybridized carbons (Fsp3) is 0.692. The van der Waals surface area contributed by atoms with Crippen LogP contribution in [-0.2, 0) is 11.8 Å². The summed E-state index contributed by atoms with van der Waals surface area (Å²) in [4.78, 5) is 14.3. The van der Waals surface area contributed by atoms with Gasteiger partial charge in [0, 0.05) is 31.4 Å². The molecule has 0 aromatic carbocycles. The highest BCUT2D eigenvalue weighted by Crippen LogP contribution is 2.24. The topological polar surface area (TPSA) is 64.2 Å². The molecule has 2 N–H and O–H groups in total. The number of nitrogens with zero attached hydrogens (tertiary/aromatic N) is 3. The van der Waals surface area contributed by atoms with Crippen molar-refractivity contribution in [2.45, 2.75) is 38.8 Å². The molecule has 18 heavy (non-hydrogen) atoms. The first-order valence-electron chi connectivity index (χ1n) is 6.53. The number of nitrogens with two attached hydrogens (primary N) is 1. The number of aryl methyl sites for hydroxylation is 1. The molecule has 0 aliphatic carbocycles. The normalized spacial score (nSPS) is 26.1. The maximum absolute atomic E-state index is 12.4. The molecule has 1 amide bonds. The van der Waals surface area contributed by atoms with Crippen LogP contribution in [0.1, 0.15) is 38.3 Å². The number of carbonyl (C=O) groups excluding carboxylic acids is 1. The van der Waals surface area contributed by atoms with Crippen LogP contribution in [0.3, 0.4) is 0 Å². The Balaban J connectivity index is 2.07. The number of rotatable bonds is 2. The number of likely N-dealkylation sites (tertiary alicyclic amines) is 1. The Kier molecular flexibility index (Phi) is 3.71. The standard InChI is InChI=1S/C13H22N4O/c1-9-4-5-17(10(2)6-9)13(18)12(14)11-7-15-16(3)8-11/h7-10,12H,4-6,14H2,1-3H3. The molecule has 3 atom stereocenters. The molecule has 0 bridgehead atoms. The largest absolute Gasteiger partial charge is 0.338 e. The summed E-state index contributed by atoms with van der Waals surface area (Å²) >= 11 is 0. The van der Waals surface area contributed by atoms with Gasteiger partial charge in [0.2, 0.25) is 5.91 Å². The number of amides is 1. The van der Waals surface area contributed by atoms with E-state index in [2.05, 4.69) is 18.9 Å². The first kappa shape index (κ1) is 13.1. The maximum Gasteiger partial charge on any atom is 0.244 e. The minimum Gasteiger partial charge on any atom is -0.338 e. The third kappa shape index (κ3) is 2.56. The average Bonchev–Trinajstić information content (AvgIpc) is 2.74. The summed E-state index contributed by atoms with van der Waals surface area (Å²) in [6.45, 7) is 5.15. The fourth-order valence-corrected chi connectivity index (χ4v) is 2.66. The van der Waals surface area contributed by atoms with Crippen LogP contribution in [0.5, 0.6) is 0 Å². The Hall–Kier alpha value is -1.36. The van der Waals surface area contributed by atoms with Crippen molar-refractivity contribution < 1.29 is 4.79 Å². The first-order chi connectivity index (χ1) is 8.49. The molecule has 1 aromatic heterocycles. The first-order valence-corrected chi connectivity index (χ1v) is 6.53. The minimum absolute atomic E-state index is 0.0161. The van der Waals surface area contributed by atoms with Crippen molar-refractivity contribution in [2.24, 2.45) is 18.7 Å². The van der Waals surface area contributed by atoms with Gasteiger partial charge < -0.3 is 10.6 Å². The average molecular weight is 250 g/mol. The van der Waals surface area contributed by atoms with Crippen LogP contribution in [-0.4, -0.2) is 33.2 Å². The quantitative estimate of drug-likeness (QED) is 0.854. The van der Waals surface area contributed by atoms with E-state index >= 15 is 0 Å². The summed E-state index contributed by atoms with van der Waals surface area (Å²) in [6.07, 6.45) is 5.60. The van der Waals surface area contributed by atoms with Gasteiger partial charge in [-0.2, -0.15) is 5.10 Å². The zero-order chi connectivity index (χ0) is 13.3. The van der Waals surface area contributed by atoms with Crippen molar-refractivity contribution in [1.82, 2.24) is 14.7 Å². The predicted octanol–water partition coefficient (Wildman–Crippen LogP) is 1.07. The van der Waals surface area contributed by atoms with E-state index in [1.54, 1.807) is 17.1 Å². The van der Waals surface area contributed by atoms with Crippen LogP contribution in [0.4, 0.5) is 0 Å². The van der Waals surface area contributed by atoms with Gasteiger partial charge in [0.15, 0.2) is 0 Å². The van der Waals surface area contributed by atoms with E-state index in [1.807, 2.05) is 11.9 Å². The van der Waals surface area contributed by atoms with E-state index < -0.39 is 6.04 Å². The van der Waals surface area contributed by atoms with Crippen LogP contribution in [0.25, 0.3) is 0 Å². The van der Waals surface area contributed by atoms with Crippen molar-refractivity contribution in [3.05, 3.63) is 18.0 Å². The molecule has 2 rings (SSSR count). The zero-order valence-corrected chi connectivity index (χ0v) is 11.3. The lowest BCUT2D eigenvalue weighted by atomic mass is 9.92. The summed E-state index contributed by atoms with van der Waals surface area (Å²) in [5.74, 6) is 0.709. The number of hydrogen-bond acceptors (Lipinski definition) is 3. The number of piperidine rings is 1. The van der Waals surface area contributed by atoms with E-state index in [0.29, 0.717) is 5.92 Å². The fourth-order valence-electron chi connectivity index (χ4n) is 2.66. The lowest BCUT2D eigenvalue weighted by Gasteiger charge is -2.37. The molecule has 0 radical (unpaired) electrons. The van der Waals surface area contributed by atoms with Gasteiger partial charge in [-0.15, -0.1) is 0 Å². The van der Waals surface area contributed by atoms with E-state index in [0.717, 1.165) is 24.9 Å². The second-order valence-electron chi connectivity index (χ2n) is 5.44. The molecule has 1 aliphatic heterocycles. The highest BCUT2D eigenvalue weighted by Gasteiger charge is 2.30. The number of carbonyl (C=O) groups is 1. The third-order valence-corrected chi connectivity index (χ3v) is 3.77. The summed E-state index contributed by atoms with van der Waals surface area (Å²) in [5.41, 5.74) is 6.82. The molecule has 5 nitrogen and oxygen atoms in total. The monoisotopic (exact) mass is 250 g/mol. The molecule has 0 saturated carbocycles. The van der Waals surface area contributed by atoms with Crippen LogP contribution < -0.4 is 5.73 Å². The van der Waals surface area contributed by atoms with Gasteiger partial charge in [0.05, 0.1) is 6.20 Å². The van der Waals surface area contributed by atoms with E-state index in [1.165, 1.54) is 0 Å². The molecule has 3 unspecified atom stereocenters. The second-order valence-corrected chi connectivity index (χ2v) is 5.44. The van der Waals surface area contributed by atoms with Crippen molar-refractivity contribution in [1.29, 1.82) is 0 Å². The van der Waals surface area contributed by atoms with Gasteiger partial charge in [0.25, 0.3) is 0 Å². The van der Waals surface area contributed by atoms with Gasteiger partial charge in [-0.1, -0.05) is 6.92 Å². The molecule has 1 saturated heterocycles. The van der Waals surface area contributed by atoms with Gasteiger partial charge in [-0.25, -0.2) is 0 Å².